The van der Waals surface area contributed by atoms with Crippen LogP contribution >= 0.6 is 11.8 Å². The van der Waals surface area contributed by atoms with E-state index in [4.69, 9.17) is 0 Å². The van der Waals surface area contributed by atoms with Crippen molar-refractivity contribution in [1.29, 1.82) is 0 Å². The Labute approximate surface area is 124 Å². The fourth-order valence-electron chi connectivity index (χ4n) is 2.08. The fourth-order valence-corrected chi connectivity index (χ4v) is 3.47. The van der Waals surface area contributed by atoms with E-state index in [1.54, 1.807) is 12.1 Å². The molecule has 1 aliphatic rings. The Balaban J connectivity index is 1.87. The lowest BCUT2D eigenvalue weighted by atomic mass is 10.1. The molecule has 1 aromatic carbocycles. The van der Waals surface area contributed by atoms with Crippen molar-refractivity contribution < 1.29 is 13.5 Å². The number of hydrogen-bond donors (Lipinski definition) is 2. The third-order valence-electron chi connectivity index (χ3n) is 3.72. The normalized spacial score (nSPS) is 18.8. The minimum absolute atomic E-state index is 0.278. The number of thioether (sulfide) groups is 1. The second-order valence-corrected chi connectivity index (χ2v) is 8.67. The lowest BCUT2D eigenvalue weighted by molar-refractivity contribution is 0.175. The fraction of sp³-hybridized carbons (Fsp3) is 0.571. The Kier molecular flexibility index (Phi) is 4.79. The van der Waals surface area contributed by atoms with Gasteiger partial charge in [0.2, 0.25) is 0 Å². The summed E-state index contributed by atoms with van der Waals surface area (Å²) in [4.78, 5) is 0.278. The van der Waals surface area contributed by atoms with Gasteiger partial charge in [0, 0.05) is 24.1 Å². The zero-order valence-electron chi connectivity index (χ0n) is 11.8. The summed E-state index contributed by atoms with van der Waals surface area (Å²) in [7, 11) is -3.18. The van der Waals surface area contributed by atoms with Crippen LogP contribution < -0.4 is 5.32 Å². The monoisotopic (exact) mass is 315 g/mol. The summed E-state index contributed by atoms with van der Waals surface area (Å²) >= 11 is 1.88. The number of sulfone groups is 1. The van der Waals surface area contributed by atoms with E-state index >= 15 is 0 Å². The average molecular weight is 315 g/mol. The topological polar surface area (TPSA) is 66.4 Å². The van der Waals surface area contributed by atoms with Crippen molar-refractivity contribution in [2.75, 3.05) is 25.6 Å². The Bertz CT molecular complexity index is 550. The minimum Gasteiger partial charge on any atom is -0.387 e. The summed E-state index contributed by atoms with van der Waals surface area (Å²) in [6.07, 6.45) is 5.16. The highest BCUT2D eigenvalue weighted by Gasteiger charge is 2.41. The quantitative estimate of drug-likeness (QED) is 0.800. The number of hydrogen-bond acceptors (Lipinski definition) is 5. The van der Waals surface area contributed by atoms with E-state index in [9.17, 15) is 13.5 Å². The predicted octanol–water partition coefficient (Wildman–Crippen LogP) is 1.61. The van der Waals surface area contributed by atoms with Gasteiger partial charge in [-0.25, -0.2) is 8.42 Å². The minimum atomic E-state index is -3.18. The SMILES string of the molecule is CSC1(CNCC(O)c2ccc(S(C)(=O)=O)cc2)CC1. The smallest absolute Gasteiger partial charge is 0.175 e. The Morgan fingerprint density at radius 3 is 2.40 bits per heavy atom. The van der Waals surface area contributed by atoms with Crippen LogP contribution in [0.25, 0.3) is 0 Å². The summed E-state index contributed by atoms with van der Waals surface area (Å²) < 4.78 is 23.1. The van der Waals surface area contributed by atoms with Crippen molar-refractivity contribution in [2.24, 2.45) is 0 Å². The number of aliphatic hydroxyl groups excluding tert-OH is 1. The summed E-state index contributed by atoms with van der Waals surface area (Å²) in [6, 6.07) is 6.42. The van der Waals surface area contributed by atoms with Gasteiger partial charge in [0.05, 0.1) is 11.0 Å². The molecule has 0 saturated heterocycles. The molecule has 0 aliphatic heterocycles. The summed E-state index contributed by atoms with van der Waals surface area (Å²) in [6.45, 7) is 1.40. The van der Waals surface area contributed by atoms with Crippen molar-refractivity contribution in [2.45, 2.75) is 28.6 Å². The standard InChI is InChI=1S/C14H21NO3S2/c1-19-14(7-8-14)10-15-9-13(16)11-3-5-12(6-4-11)20(2,17)18/h3-6,13,15-16H,7-10H2,1-2H3. The first-order valence-electron chi connectivity index (χ1n) is 6.60. The Morgan fingerprint density at radius 2 is 1.95 bits per heavy atom. The molecule has 112 valence electrons. The first-order valence-corrected chi connectivity index (χ1v) is 9.72. The van der Waals surface area contributed by atoms with Crippen LogP contribution in [-0.4, -0.2) is 43.9 Å². The number of nitrogens with one attached hydrogen (secondary N) is 1. The molecule has 20 heavy (non-hydrogen) atoms. The van der Waals surface area contributed by atoms with Gasteiger partial charge < -0.3 is 10.4 Å². The van der Waals surface area contributed by atoms with Crippen LogP contribution in [0.2, 0.25) is 0 Å². The molecule has 0 radical (unpaired) electrons. The van der Waals surface area contributed by atoms with Crippen LogP contribution in [0.15, 0.2) is 29.2 Å². The zero-order valence-corrected chi connectivity index (χ0v) is 13.4. The maximum atomic E-state index is 11.4. The molecule has 2 N–H and O–H groups in total. The highest BCUT2D eigenvalue weighted by Crippen LogP contribution is 2.46. The molecule has 1 saturated carbocycles. The third-order valence-corrected chi connectivity index (χ3v) is 6.27. The van der Waals surface area contributed by atoms with E-state index < -0.39 is 15.9 Å². The van der Waals surface area contributed by atoms with Crippen molar-refractivity contribution in [3.05, 3.63) is 29.8 Å². The second-order valence-electron chi connectivity index (χ2n) is 5.38. The van der Waals surface area contributed by atoms with E-state index in [1.807, 2.05) is 11.8 Å². The molecular formula is C14H21NO3S2. The van der Waals surface area contributed by atoms with Crippen LogP contribution in [0.3, 0.4) is 0 Å². The number of rotatable bonds is 7. The molecule has 0 spiro atoms. The lowest BCUT2D eigenvalue weighted by Crippen LogP contribution is -2.29. The van der Waals surface area contributed by atoms with Gasteiger partial charge in [0.25, 0.3) is 0 Å². The number of aliphatic hydroxyl groups is 1. The number of benzene rings is 1. The molecule has 0 aromatic heterocycles. The maximum absolute atomic E-state index is 11.4. The van der Waals surface area contributed by atoms with Crippen LogP contribution in [0.1, 0.15) is 24.5 Å². The van der Waals surface area contributed by atoms with Crippen molar-refractivity contribution in [3.8, 4) is 0 Å². The first-order chi connectivity index (χ1) is 9.36. The van der Waals surface area contributed by atoms with E-state index in [0.29, 0.717) is 11.3 Å². The Morgan fingerprint density at radius 1 is 1.35 bits per heavy atom. The summed E-state index contributed by atoms with van der Waals surface area (Å²) in [5.74, 6) is 0. The molecule has 0 heterocycles. The molecule has 2 rings (SSSR count). The molecular weight excluding hydrogens is 294 g/mol. The predicted molar refractivity (Wildman–Crippen MR) is 82.9 cm³/mol. The lowest BCUT2D eigenvalue weighted by Gasteiger charge is -2.16. The van der Waals surface area contributed by atoms with Gasteiger partial charge in [-0.15, -0.1) is 0 Å². The van der Waals surface area contributed by atoms with Crippen molar-refractivity contribution in [3.63, 3.8) is 0 Å². The van der Waals surface area contributed by atoms with Gasteiger partial charge in [-0.3, -0.25) is 0 Å². The molecule has 1 fully saturated rings. The van der Waals surface area contributed by atoms with Crippen LogP contribution in [-0.2, 0) is 9.84 Å². The van der Waals surface area contributed by atoms with Crippen molar-refractivity contribution in [1.82, 2.24) is 5.32 Å². The van der Waals surface area contributed by atoms with Crippen LogP contribution in [0.5, 0.6) is 0 Å². The third kappa shape index (κ3) is 3.97. The highest BCUT2D eigenvalue weighted by molar-refractivity contribution is 8.00. The molecule has 4 nitrogen and oxygen atoms in total. The van der Waals surface area contributed by atoms with Crippen LogP contribution in [0.4, 0.5) is 0 Å². The molecule has 6 heteroatoms. The van der Waals surface area contributed by atoms with Gasteiger partial charge in [-0.1, -0.05) is 12.1 Å². The van der Waals surface area contributed by atoms with Crippen molar-refractivity contribution >= 4 is 21.6 Å². The molecule has 1 aliphatic carbocycles. The maximum Gasteiger partial charge on any atom is 0.175 e. The van der Waals surface area contributed by atoms with Gasteiger partial charge in [-0.2, -0.15) is 11.8 Å². The highest BCUT2D eigenvalue weighted by atomic mass is 32.2. The van der Waals surface area contributed by atoms with Gasteiger partial charge >= 0.3 is 0 Å². The summed E-state index contributed by atoms with van der Waals surface area (Å²) in [5, 5.41) is 13.4. The average Bonchev–Trinajstić information content (AvgIpc) is 3.18. The van der Waals surface area contributed by atoms with Crippen LogP contribution in [0, 0.1) is 0 Å². The molecule has 1 aromatic rings. The van der Waals surface area contributed by atoms with E-state index in [-0.39, 0.29) is 4.90 Å². The van der Waals surface area contributed by atoms with E-state index in [0.717, 1.165) is 12.1 Å². The Hall–Kier alpha value is -0.560. The second kappa shape index (κ2) is 6.05. The first kappa shape index (κ1) is 15.8. The van der Waals surface area contributed by atoms with Gasteiger partial charge in [0.15, 0.2) is 9.84 Å². The molecule has 0 amide bonds. The molecule has 0 bridgehead atoms. The van der Waals surface area contributed by atoms with Gasteiger partial charge in [0.1, 0.15) is 0 Å². The molecule has 1 unspecified atom stereocenters. The molecule has 1 atom stereocenters. The van der Waals surface area contributed by atoms with Gasteiger partial charge in [-0.05, 0) is 36.8 Å². The largest absolute Gasteiger partial charge is 0.387 e. The zero-order chi connectivity index (χ0) is 14.8. The van der Waals surface area contributed by atoms with E-state index in [2.05, 4.69) is 11.6 Å². The van der Waals surface area contributed by atoms with E-state index in [1.165, 1.54) is 31.2 Å². The summed E-state index contributed by atoms with van der Waals surface area (Å²) in [5.41, 5.74) is 0.735.